The molecule has 0 radical (unpaired) electrons. The number of hydrogen-bond acceptors (Lipinski definition) is 6. The van der Waals surface area contributed by atoms with E-state index in [1.165, 1.54) is 19.2 Å². The van der Waals surface area contributed by atoms with Crippen molar-refractivity contribution in [1.82, 2.24) is 5.16 Å². The molecule has 25 heavy (non-hydrogen) atoms. The van der Waals surface area contributed by atoms with Gasteiger partial charge in [0.15, 0.2) is 5.76 Å². The van der Waals surface area contributed by atoms with Crippen molar-refractivity contribution in [2.45, 2.75) is 25.7 Å². The highest BCUT2D eigenvalue weighted by Gasteiger charge is 2.33. The van der Waals surface area contributed by atoms with Crippen LogP contribution in [0.5, 0.6) is 0 Å². The number of hydrogen-bond donors (Lipinski definition) is 2. The van der Waals surface area contributed by atoms with Gasteiger partial charge in [0.05, 0.1) is 18.4 Å². The maximum atomic E-state index is 12.2. The largest absolute Gasteiger partial charge is 0.465 e. The van der Waals surface area contributed by atoms with Crippen molar-refractivity contribution in [2.75, 3.05) is 17.7 Å². The van der Waals surface area contributed by atoms with Crippen LogP contribution < -0.4 is 10.6 Å². The molecule has 8 heteroatoms. The summed E-state index contributed by atoms with van der Waals surface area (Å²) >= 11 is 0. The number of aryl methyl sites for hydroxylation is 1. The van der Waals surface area contributed by atoms with Crippen LogP contribution in [0.2, 0.25) is 0 Å². The van der Waals surface area contributed by atoms with E-state index >= 15 is 0 Å². The molecule has 1 heterocycles. The number of carbonyl (C=O) groups excluding carboxylic acids is 3. The fraction of sp³-hybridized carbons (Fsp3) is 0.294. The second-order valence-electron chi connectivity index (χ2n) is 5.73. The van der Waals surface area contributed by atoms with Gasteiger partial charge in [-0.3, -0.25) is 9.59 Å². The van der Waals surface area contributed by atoms with Gasteiger partial charge in [-0.1, -0.05) is 17.3 Å². The minimum atomic E-state index is -0.904. The zero-order valence-corrected chi connectivity index (χ0v) is 13.8. The third-order valence-electron chi connectivity index (χ3n) is 3.86. The molecule has 0 atom stereocenters. The summed E-state index contributed by atoms with van der Waals surface area (Å²) in [6.45, 7) is 1.69. The maximum Gasteiger partial charge on any atom is 0.339 e. The van der Waals surface area contributed by atoms with E-state index in [0.717, 1.165) is 12.8 Å². The normalized spacial score (nSPS) is 13.2. The van der Waals surface area contributed by atoms with Gasteiger partial charge in [-0.25, -0.2) is 4.79 Å². The molecule has 0 bridgehead atoms. The van der Waals surface area contributed by atoms with E-state index in [9.17, 15) is 14.4 Å². The summed E-state index contributed by atoms with van der Waals surface area (Å²) < 4.78 is 9.88. The number of para-hydroxylation sites is 1. The predicted molar refractivity (Wildman–Crippen MR) is 88.3 cm³/mol. The molecule has 3 rings (SSSR count). The second-order valence-corrected chi connectivity index (χ2v) is 5.73. The molecule has 0 saturated heterocycles. The van der Waals surface area contributed by atoms with E-state index in [0.29, 0.717) is 17.1 Å². The highest BCUT2D eigenvalue weighted by Crippen LogP contribution is 2.44. The Morgan fingerprint density at radius 1 is 1.16 bits per heavy atom. The molecule has 0 spiro atoms. The Morgan fingerprint density at radius 2 is 1.84 bits per heavy atom. The van der Waals surface area contributed by atoms with Crippen LogP contribution in [-0.2, 0) is 14.3 Å². The molecule has 1 fully saturated rings. The summed E-state index contributed by atoms with van der Waals surface area (Å²) in [5.41, 5.74) is 1.30. The number of benzene rings is 1. The van der Waals surface area contributed by atoms with Crippen LogP contribution in [0.1, 0.15) is 40.6 Å². The van der Waals surface area contributed by atoms with Gasteiger partial charge < -0.3 is 19.9 Å². The van der Waals surface area contributed by atoms with Crippen molar-refractivity contribution in [3.05, 3.63) is 41.3 Å². The van der Waals surface area contributed by atoms with E-state index in [1.807, 2.05) is 0 Å². The molecule has 1 aliphatic carbocycles. The molecule has 2 aromatic rings. The smallest absolute Gasteiger partial charge is 0.339 e. The number of methoxy groups -OCH3 is 1. The summed E-state index contributed by atoms with van der Waals surface area (Å²) in [4.78, 5) is 36.1. The number of esters is 1. The number of anilines is 2. The third-order valence-corrected chi connectivity index (χ3v) is 3.86. The Kier molecular flexibility index (Phi) is 4.51. The van der Waals surface area contributed by atoms with E-state index in [-0.39, 0.29) is 17.2 Å². The summed E-state index contributed by atoms with van der Waals surface area (Å²) in [5, 5.41) is 8.80. The van der Waals surface area contributed by atoms with Gasteiger partial charge in [-0.2, -0.15) is 0 Å². The number of aromatic nitrogens is 1. The number of ether oxygens (including phenoxy) is 1. The van der Waals surface area contributed by atoms with Crippen LogP contribution in [0.4, 0.5) is 11.4 Å². The molecule has 130 valence electrons. The van der Waals surface area contributed by atoms with Gasteiger partial charge in [0, 0.05) is 5.92 Å². The van der Waals surface area contributed by atoms with E-state index in [4.69, 9.17) is 4.52 Å². The van der Waals surface area contributed by atoms with Crippen LogP contribution in [-0.4, -0.2) is 30.1 Å². The van der Waals surface area contributed by atoms with Crippen molar-refractivity contribution < 1.29 is 23.6 Å². The summed E-state index contributed by atoms with van der Waals surface area (Å²) in [5.74, 6) is -1.55. The summed E-state index contributed by atoms with van der Waals surface area (Å²) in [6, 6.07) is 6.27. The Bertz CT molecular complexity index is 839. The molecule has 2 N–H and O–H groups in total. The Balaban J connectivity index is 1.73. The van der Waals surface area contributed by atoms with Crippen molar-refractivity contribution in [1.29, 1.82) is 0 Å². The number of amides is 2. The lowest BCUT2D eigenvalue weighted by Gasteiger charge is -2.09. The predicted octanol–water partition coefficient (Wildman–Crippen LogP) is 2.22. The number of nitrogens with zero attached hydrogens (tertiary/aromatic N) is 1. The van der Waals surface area contributed by atoms with Crippen LogP contribution in [0.3, 0.4) is 0 Å². The zero-order valence-electron chi connectivity index (χ0n) is 13.8. The van der Waals surface area contributed by atoms with Gasteiger partial charge in [-0.05, 0) is 31.9 Å². The molecule has 1 aromatic heterocycles. The lowest BCUT2D eigenvalue weighted by atomic mass is 10.2. The number of rotatable bonds is 4. The molecular weight excluding hydrogens is 326 g/mol. The average Bonchev–Trinajstić information content (AvgIpc) is 3.39. The van der Waals surface area contributed by atoms with E-state index < -0.39 is 17.8 Å². The fourth-order valence-corrected chi connectivity index (χ4v) is 2.39. The summed E-state index contributed by atoms with van der Waals surface area (Å²) in [7, 11) is 1.24. The second kappa shape index (κ2) is 6.76. The van der Waals surface area contributed by atoms with Crippen LogP contribution in [0.25, 0.3) is 0 Å². The standard InChI is InChI=1S/C17H17N3O5/c1-9-13(14(25-20-9)10-7-8-10)19-16(22)15(21)18-12-6-4-3-5-11(12)17(23)24-2/h3-6,10H,7-8H2,1-2H3,(H,18,21)(H,19,22). The molecule has 8 nitrogen and oxygen atoms in total. The highest BCUT2D eigenvalue weighted by molar-refractivity contribution is 6.44. The fourth-order valence-electron chi connectivity index (χ4n) is 2.39. The lowest BCUT2D eigenvalue weighted by Crippen LogP contribution is -2.30. The first-order valence-corrected chi connectivity index (χ1v) is 7.77. The van der Waals surface area contributed by atoms with Gasteiger partial charge in [0.25, 0.3) is 0 Å². The van der Waals surface area contributed by atoms with Crippen molar-refractivity contribution in [3.8, 4) is 0 Å². The SMILES string of the molecule is COC(=O)c1ccccc1NC(=O)C(=O)Nc1c(C)noc1C1CC1. The first kappa shape index (κ1) is 16.7. The Hall–Kier alpha value is -3.16. The maximum absolute atomic E-state index is 12.2. The lowest BCUT2D eigenvalue weighted by molar-refractivity contribution is -0.133. The Morgan fingerprint density at radius 3 is 2.52 bits per heavy atom. The molecule has 2 amide bonds. The third kappa shape index (κ3) is 3.52. The van der Waals surface area contributed by atoms with E-state index in [1.54, 1.807) is 19.1 Å². The van der Waals surface area contributed by atoms with Gasteiger partial charge in [0.2, 0.25) is 0 Å². The van der Waals surface area contributed by atoms with Gasteiger partial charge in [0.1, 0.15) is 11.4 Å². The molecule has 1 saturated carbocycles. The van der Waals surface area contributed by atoms with Crippen molar-refractivity contribution in [3.63, 3.8) is 0 Å². The topological polar surface area (TPSA) is 111 Å². The van der Waals surface area contributed by atoms with Gasteiger partial charge >= 0.3 is 17.8 Å². The average molecular weight is 343 g/mol. The first-order valence-electron chi connectivity index (χ1n) is 7.77. The van der Waals surface area contributed by atoms with Crippen molar-refractivity contribution >= 4 is 29.2 Å². The summed E-state index contributed by atoms with van der Waals surface area (Å²) in [6.07, 6.45) is 1.94. The quantitative estimate of drug-likeness (QED) is 0.650. The van der Waals surface area contributed by atoms with Crippen LogP contribution >= 0.6 is 0 Å². The van der Waals surface area contributed by atoms with Crippen LogP contribution in [0.15, 0.2) is 28.8 Å². The van der Waals surface area contributed by atoms with E-state index in [2.05, 4.69) is 20.5 Å². The molecule has 1 aromatic carbocycles. The van der Waals surface area contributed by atoms with Gasteiger partial charge in [-0.15, -0.1) is 0 Å². The van der Waals surface area contributed by atoms with Crippen molar-refractivity contribution in [2.24, 2.45) is 0 Å². The molecule has 1 aliphatic rings. The monoisotopic (exact) mass is 343 g/mol. The minimum Gasteiger partial charge on any atom is -0.465 e. The van der Waals surface area contributed by atoms with Crippen LogP contribution in [0, 0.1) is 6.92 Å². The number of carbonyl (C=O) groups is 3. The Labute approximate surface area is 143 Å². The first-order chi connectivity index (χ1) is 12.0. The highest BCUT2D eigenvalue weighted by atomic mass is 16.5. The molecular formula is C17H17N3O5. The molecule has 0 unspecified atom stereocenters. The zero-order chi connectivity index (χ0) is 18.0. The molecule has 0 aliphatic heterocycles. The minimum absolute atomic E-state index is 0.158. The number of nitrogens with one attached hydrogen (secondary N) is 2.